The summed E-state index contributed by atoms with van der Waals surface area (Å²) in [5.41, 5.74) is 1.92. The number of nitrogens with one attached hydrogen (secondary N) is 2. The van der Waals surface area contributed by atoms with Crippen LogP contribution in [0, 0.1) is 12.7 Å². The van der Waals surface area contributed by atoms with Crippen LogP contribution in [0.15, 0.2) is 18.2 Å². The summed E-state index contributed by atoms with van der Waals surface area (Å²) in [6.07, 6.45) is 0.701. The summed E-state index contributed by atoms with van der Waals surface area (Å²) in [6, 6.07) is 4.78. The topological polar surface area (TPSA) is 70.6 Å². The first-order valence-electron chi connectivity index (χ1n) is 7.15. The van der Waals surface area contributed by atoms with Crippen molar-refractivity contribution in [2.75, 3.05) is 19.7 Å². The first-order chi connectivity index (χ1) is 10.1. The lowest BCUT2D eigenvalue weighted by molar-refractivity contribution is 0.0674. The molecule has 5 nitrogen and oxygen atoms in total. The lowest BCUT2D eigenvalue weighted by Crippen LogP contribution is -2.39. The smallest absolute Gasteiger partial charge is 0.407 e. The maximum atomic E-state index is 13.2. The highest BCUT2D eigenvalue weighted by molar-refractivity contribution is 5.67. The lowest BCUT2D eigenvalue weighted by atomic mass is 9.92. The number of benzene rings is 1. The number of halogens is 1. The third-order valence-electron chi connectivity index (χ3n) is 3.62. The van der Waals surface area contributed by atoms with Gasteiger partial charge in [0.15, 0.2) is 0 Å². The highest BCUT2D eigenvalue weighted by Gasteiger charge is 2.26. The predicted octanol–water partition coefficient (Wildman–Crippen LogP) is 1.65. The van der Waals surface area contributed by atoms with Crippen LogP contribution in [0.3, 0.4) is 0 Å². The van der Waals surface area contributed by atoms with E-state index in [0.29, 0.717) is 6.42 Å². The molecule has 0 bridgehead atoms. The average molecular weight is 296 g/mol. The summed E-state index contributed by atoms with van der Waals surface area (Å²) in [4.78, 5) is 11.5. The van der Waals surface area contributed by atoms with Crippen molar-refractivity contribution in [2.45, 2.75) is 31.9 Å². The van der Waals surface area contributed by atoms with E-state index in [1.165, 1.54) is 12.1 Å². The van der Waals surface area contributed by atoms with Crippen molar-refractivity contribution < 1.29 is 19.0 Å². The van der Waals surface area contributed by atoms with E-state index < -0.39 is 6.09 Å². The summed E-state index contributed by atoms with van der Waals surface area (Å²) in [5, 5.41) is 14.5. The predicted molar refractivity (Wildman–Crippen MR) is 76.5 cm³/mol. The summed E-state index contributed by atoms with van der Waals surface area (Å²) in [6.45, 7) is 2.68. The maximum Gasteiger partial charge on any atom is 0.407 e. The van der Waals surface area contributed by atoms with Crippen molar-refractivity contribution in [1.82, 2.24) is 10.6 Å². The number of aryl methyl sites for hydroxylation is 1. The van der Waals surface area contributed by atoms with Gasteiger partial charge < -0.3 is 20.5 Å². The monoisotopic (exact) mass is 296 g/mol. The van der Waals surface area contributed by atoms with Crippen molar-refractivity contribution >= 4 is 6.09 Å². The molecule has 0 aromatic heterocycles. The van der Waals surface area contributed by atoms with Crippen LogP contribution in [0.1, 0.15) is 30.0 Å². The molecule has 0 saturated carbocycles. The van der Waals surface area contributed by atoms with Crippen molar-refractivity contribution in [3.63, 3.8) is 0 Å². The molecule has 0 unspecified atom stereocenters. The number of ether oxygens (including phenoxy) is 1. The molecule has 3 N–H and O–H groups in total. The third-order valence-corrected chi connectivity index (χ3v) is 3.62. The van der Waals surface area contributed by atoms with E-state index in [2.05, 4.69) is 10.6 Å². The molecule has 1 aliphatic heterocycles. The molecule has 21 heavy (non-hydrogen) atoms. The van der Waals surface area contributed by atoms with E-state index in [9.17, 15) is 9.18 Å². The minimum Gasteiger partial charge on any atom is -0.446 e. The van der Waals surface area contributed by atoms with Gasteiger partial charge in [0.1, 0.15) is 11.9 Å². The highest BCUT2D eigenvalue weighted by atomic mass is 19.1. The molecule has 2 rings (SSSR count). The number of carbonyl (C=O) groups excluding carboxylic acids is 1. The van der Waals surface area contributed by atoms with Gasteiger partial charge in [-0.3, -0.25) is 0 Å². The molecule has 116 valence electrons. The van der Waals surface area contributed by atoms with Crippen molar-refractivity contribution in [3.05, 3.63) is 35.1 Å². The molecule has 1 fully saturated rings. The van der Waals surface area contributed by atoms with Crippen LogP contribution in [-0.4, -0.2) is 37.0 Å². The zero-order valence-electron chi connectivity index (χ0n) is 12.1. The third kappa shape index (κ3) is 4.41. The van der Waals surface area contributed by atoms with Gasteiger partial charge in [-0.2, -0.15) is 0 Å². The molecule has 1 saturated heterocycles. The molecule has 0 spiro atoms. The fourth-order valence-electron chi connectivity index (χ4n) is 2.61. The van der Waals surface area contributed by atoms with Crippen LogP contribution in [0.25, 0.3) is 0 Å². The minimum absolute atomic E-state index is 0.0509. The number of piperidine rings is 1. The largest absolute Gasteiger partial charge is 0.446 e. The Hall–Kier alpha value is -1.66. The van der Waals surface area contributed by atoms with E-state index in [1.54, 1.807) is 6.07 Å². The number of hydrogen-bond acceptors (Lipinski definition) is 4. The Morgan fingerprint density at radius 1 is 1.57 bits per heavy atom. The molecular formula is C15H21FN2O3. The quantitative estimate of drug-likeness (QED) is 0.790. The van der Waals surface area contributed by atoms with Gasteiger partial charge in [0, 0.05) is 19.0 Å². The zero-order valence-corrected chi connectivity index (χ0v) is 12.1. The Morgan fingerprint density at radius 2 is 2.38 bits per heavy atom. The molecular weight excluding hydrogens is 275 g/mol. The molecule has 1 aromatic rings. The van der Waals surface area contributed by atoms with Gasteiger partial charge in [-0.25, -0.2) is 9.18 Å². The van der Waals surface area contributed by atoms with Crippen LogP contribution in [0.4, 0.5) is 9.18 Å². The number of carbonyl (C=O) groups is 1. The van der Waals surface area contributed by atoms with Crippen LogP contribution in [0.2, 0.25) is 0 Å². The summed E-state index contributed by atoms with van der Waals surface area (Å²) >= 11 is 0. The first kappa shape index (κ1) is 15.7. The van der Waals surface area contributed by atoms with E-state index in [4.69, 9.17) is 9.84 Å². The second kappa shape index (κ2) is 7.38. The van der Waals surface area contributed by atoms with Gasteiger partial charge in [0.05, 0.1) is 6.61 Å². The van der Waals surface area contributed by atoms with Crippen molar-refractivity contribution in [3.8, 4) is 0 Å². The number of aliphatic hydroxyl groups excluding tert-OH is 1. The maximum absolute atomic E-state index is 13.2. The fourth-order valence-corrected chi connectivity index (χ4v) is 2.61. The summed E-state index contributed by atoms with van der Waals surface area (Å²) in [7, 11) is 0. The molecule has 6 heteroatoms. The average Bonchev–Trinajstić information content (AvgIpc) is 2.45. The molecule has 1 heterocycles. The Balaban J connectivity index is 1.95. The highest BCUT2D eigenvalue weighted by Crippen LogP contribution is 2.27. The van der Waals surface area contributed by atoms with Gasteiger partial charge >= 0.3 is 6.09 Å². The minimum atomic E-state index is -0.509. The van der Waals surface area contributed by atoms with Crippen molar-refractivity contribution in [2.24, 2.45) is 0 Å². The van der Waals surface area contributed by atoms with Crippen molar-refractivity contribution in [1.29, 1.82) is 0 Å². The summed E-state index contributed by atoms with van der Waals surface area (Å²) in [5.74, 6) is -0.247. The number of hydrogen-bond donors (Lipinski definition) is 3. The van der Waals surface area contributed by atoms with E-state index in [1.807, 2.05) is 6.92 Å². The molecule has 1 aromatic carbocycles. The standard InChI is InChI=1S/C15H21FN2O3/c1-10-8-11(16)2-3-13(10)14-9-12(4-5-17-14)21-15(20)18-6-7-19/h2-3,8,12,14,17,19H,4-7,9H2,1H3,(H,18,20)/t12-,14+/m0/s1. The molecule has 0 aliphatic carbocycles. The van der Waals surface area contributed by atoms with Gasteiger partial charge in [0.2, 0.25) is 0 Å². The number of aliphatic hydroxyl groups is 1. The van der Waals surface area contributed by atoms with E-state index in [0.717, 1.165) is 24.1 Å². The number of rotatable bonds is 4. The van der Waals surface area contributed by atoms with Crippen LogP contribution < -0.4 is 10.6 Å². The normalized spacial score (nSPS) is 21.9. The fraction of sp³-hybridized carbons (Fsp3) is 0.533. The van der Waals surface area contributed by atoms with Gasteiger partial charge in [-0.05, 0) is 43.1 Å². The van der Waals surface area contributed by atoms with Crippen LogP contribution >= 0.6 is 0 Å². The number of amides is 1. The SMILES string of the molecule is Cc1cc(F)ccc1[C@H]1C[C@@H](OC(=O)NCCO)CCN1. The van der Waals surface area contributed by atoms with Gasteiger partial charge in [-0.15, -0.1) is 0 Å². The lowest BCUT2D eigenvalue weighted by Gasteiger charge is -2.31. The second-order valence-corrected chi connectivity index (χ2v) is 5.21. The number of alkyl carbamates (subject to hydrolysis) is 1. The molecule has 1 amide bonds. The molecule has 2 atom stereocenters. The Labute approximate surface area is 123 Å². The zero-order chi connectivity index (χ0) is 15.2. The second-order valence-electron chi connectivity index (χ2n) is 5.21. The van der Waals surface area contributed by atoms with Crippen LogP contribution in [0.5, 0.6) is 0 Å². The van der Waals surface area contributed by atoms with E-state index in [-0.39, 0.29) is 31.1 Å². The first-order valence-corrected chi connectivity index (χ1v) is 7.15. The van der Waals surface area contributed by atoms with Gasteiger partial charge in [0.25, 0.3) is 0 Å². The molecule has 1 aliphatic rings. The molecule has 0 radical (unpaired) electrons. The Kier molecular flexibility index (Phi) is 5.52. The van der Waals surface area contributed by atoms with E-state index >= 15 is 0 Å². The Morgan fingerprint density at radius 3 is 3.10 bits per heavy atom. The van der Waals surface area contributed by atoms with Crippen LogP contribution in [-0.2, 0) is 4.74 Å². The summed E-state index contributed by atoms with van der Waals surface area (Å²) < 4.78 is 18.5. The Bertz CT molecular complexity index is 496. The van der Waals surface area contributed by atoms with Gasteiger partial charge in [-0.1, -0.05) is 6.07 Å².